The van der Waals surface area contributed by atoms with E-state index in [4.69, 9.17) is 0 Å². The second-order valence-corrected chi connectivity index (χ2v) is 3.04. The fourth-order valence-corrected chi connectivity index (χ4v) is 1.26. The van der Waals surface area contributed by atoms with Gasteiger partial charge in [0.1, 0.15) is 0 Å². The number of hydrogen-bond donors (Lipinski definition) is 1. The average molecular weight is 152 g/mol. The van der Waals surface area contributed by atoms with Gasteiger partial charge in [-0.15, -0.1) is 0 Å². The Kier molecular flexibility index (Phi) is 3.17. The van der Waals surface area contributed by atoms with Crippen LogP contribution in [0, 0.1) is 5.92 Å². The van der Waals surface area contributed by atoms with Crippen LogP contribution in [0.5, 0.6) is 0 Å². The SMILES string of the molecule is CNCC(C)Cn1cccc1. The molecule has 0 radical (unpaired) electrons. The van der Waals surface area contributed by atoms with Crippen molar-refractivity contribution in [2.75, 3.05) is 13.6 Å². The summed E-state index contributed by atoms with van der Waals surface area (Å²) in [5.41, 5.74) is 0. The van der Waals surface area contributed by atoms with E-state index in [0.29, 0.717) is 5.92 Å². The van der Waals surface area contributed by atoms with Crippen molar-refractivity contribution in [2.45, 2.75) is 13.5 Å². The molecule has 1 unspecified atom stereocenters. The van der Waals surface area contributed by atoms with Crippen molar-refractivity contribution in [1.29, 1.82) is 0 Å². The van der Waals surface area contributed by atoms with Crippen LogP contribution < -0.4 is 5.32 Å². The Morgan fingerprint density at radius 1 is 1.36 bits per heavy atom. The minimum absolute atomic E-state index is 0.701. The number of nitrogens with zero attached hydrogens (tertiary/aromatic N) is 1. The largest absolute Gasteiger partial charge is 0.354 e. The molecule has 1 aromatic rings. The quantitative estimate of drug-likeness (QED) is 0.689. The molecule has 0 aliphatic carbocycles. The van der Waals surface area contributed by atoms with Gasteiger partial charge in [-0.25, -0.2) is 0 Å². The Morgan fingerprint density at radius 2 is 2.00 bits per heavy atom. The van der Waals surface area contributed by atoms with Gasteiger partial charge in [-0.1, -0.05) is 6.92 Å². The van der Waals surface area contributed by atoms with Crippen LogP contribution in [0.25, 0.3) is 0 Å². The van der Waals surface area contributed by atoms with Crippen molar-refractivity contribution in [3.63, 3.8) is 0 Å². The maximum absolute atomic E-state index is 3.17. The normalized spacial score (nSPS) is 13.3. The van der Waals surface area contributed by atoms with Gasteiger partial charge >= 0.3 is 0 Å². The van der Waals surface area contributed by atoms with E-state index in [1.54, 1.807) is 0 Å². The fourth-order valence-electron chi connectivity index (χ4n) is 1.26. The molecule has 0 saturated carbocycles. The van der Waals surface area contributed by atoms with Gasteiger partial charge in [0.25, 0.3) is 0 Å². The van der Waals surface area contributed by atoms with Gasteiger partial charge in [0.15, 0.2) is 0 Å². The van der Waals surface area contributed by atoms with Crippen molar-refractivity contribution >= 4 is 0 Å². The Labute approximate surface area is 68.2 Å². The van der Waals surface area contributed by atoms with Gasteiger partial charge in [0, 0.05) is 18.9 Å². The molecule has 1 atom stereocenters. The summed E-state index contributed by atoms with van der Waals surface area (Å²) in [6.07, 6.45) is 4.21. The summed E-state index contributed by atoms with van der Waals surface area (Å²) in [7, 11) is 1.99. The zero-order valence-electron chi connectivity index (χ0n) is 7.25. The highest BCUT2D eigenvalue weighted by Gasteiger charge is 1.99. The Hall–Kier alpha value is -0.760. The van der Waals surface area contributed by atoms with E-state index < -0.39 is 0 Å². The maximum Gasteiger partial charge on any atom is 0.0257 e. The predicted molar refractivity (Wildman–Crippen MR) is 47.5 cm³/mol. The van der Waals surface area contributed by atoms with Crippen LogP contribution >= 0.6 is 0 Å². The number of aromatic nitrogens is 1. The first kappa shape index (κ1) is 8.34. The molecule has 0 amide bonds. The predicted octanol–water partition coefficient (Wildman–Crippen LogP) is 1.34. The topological polar surface area (TPSA) is 17.0 Å². The third-order valence-corrected chi connectivity index (χ3v) is 1.74. The lowest BCUT2D eigenvalue weighted by molar-refractivity contribution is 0.463. The highest BCUT2D eigenvalue weighted by Crippen LogP contribution is 1.99. The Bertz CT molecular complexity index is 179. The summed E-state index contributed by atoms with van der Waals surface area (Å²) in [6.45, 7) is 4.43. The van der Waals surface area contributed by atoms with Crippen LogP contribution in [0.3, 0.4) is 0 Å². The molecule has 1 aromatic heterocycles. The zero-order valence-corrected chi connectivity index (χ0v) is 7.25. The van der Waals surface area contributed by atoms with Crippen LogP contribution in [-0.4, -0.2) is 18.2 Å². The summed E-state index contributed by atoms with van der Waals surface area (Å²) in [6, 6.07) is 4.12. The first-order chi connectivity index (χ1) is 5.33. The molecule has 0 saturated heterocycles. The lowest BCUT2D eigenvalue weighted by Gasteiger charge is -2.10. The van der Waals surface area contributed by atoms with Crippen LogP contribution in [0.4, 0.5) is 0 Å². The summed E-state index contributed by atoms with van der Waals surface area (Å²) in [5, 5.41) is 3.17. The average Bonchev–Trinajstić information content (AvgIpc) is 2.40. The summed E-state index contributed by atoms with van der Waals surface area (Å²) < 4.78 is 2.21. The molecule has 1 heterocycles. The minimum atomic E-state index is 0.701. The van der Waals surface area contributed by atoms with Gasteiger partial charge in [0.05, 0.1) is 0 Å². The first-order valence-electron chi connectivity index (χ1n) is 4.08. The van der Waals surface area contributed by atoms with E-state index in [2.05, 4.69) is 41.3 Å². The highest BCUT2D eigenvalue weighted by atomic mass is 14.9. The molecule has 0 aliphatic heterocycles. The number of hydrogen-bond acceptors (Lipinski definition) is 1. The molecular formula is C9H16N2. The van der Waals surface area contributed by atoms with Crippen molar-refractivity contribution in [1.82, 2.24) is 9.88 Å². The Morgan fingerprint density at radius 3 is 2.55 bits per heavy atom. The van der Waals surface area contributed by atoms with E-state index in [0.717, 1.165) is 13.1 Å². The third kappa shape index (κ3) is 2.76. The standard InChI is InChI=1S/C9H16N2/c1-9(7-10-2)8-11-5-3-4-6-11/h3-6,9-10H,7-8H2,1-2H3. The molecule has 0 aromatic carbocycles. The molecule has 11 heavy (non-hydrogen) atoms. The van der Waals surface area contributed by atoms with E-state index in [1.807, 2.05) is 7.05 Å². The van der Waals surface area contributed by atoms with E-state index in [9.17, 15) is 0 Å². The van der Waals surface area contributed by atoms with E-state index in [-0.39, 0.29) is 0 Å². The lowest BCUT2D eigenvalue weighted by Crippen LogP contribution is -2.19. The first-order valence-corrected chi connectivity index (χ1v) is 4.08. The minimum Gasteiger partial charge on any atom is -0.354 e. The molecule has 0 aliphatic rings. The smallest absolute Gasteiger partial charge is 0.0257 e. The van der Waals surface area contributed by atoms with Gasteiger partial charge in [0.2, 0.25) is 0 Å². The zero-order chi connectivity index (χ0) is 8.10. The molecule has 2 nitrogen and oxygen atoms in total. The second-order valence-electron chi connectivity index (χ2n) is 3.04. The molecule has 0 spiro atoms. The molecule has 1 N–H and O–H groups in total. The third-order valence-electron chi connectivity index (χ3n) is 1.74. The van der Waals surface area contributed by atoms with Crippen LogP contribution in [-0.2, 0) is 6.54 Å². The molecule has 1 rings (SSSR count). The second kappa shape index (κ2) is 4.19. The van der Waals surface area contributed by atoms with Crippen LogP contribution in [0.1, 0.15) is 6.92 Å². The van der Waals surface area contributed by atoms with Crippen molar-refractivity contribution in [2.24, 2.45) is 5.92 Å². The van der Waals surface area contributed by atoms with Crippen LogP contribution in [0.15, 0.2) is 24.5 Å². The Balaban J connectivity index is 2.31. The molecular weight excluding hydrogens is 136 g/mol. The van der Waals surface area contributed by atoms with Crippen LogP contribution in [0.2, 0.25) is 0 Å². The van der Waals surface area contributed by atoms with E-state index in [1.165, 1.54) is 0 Å². The van der Waals surface area contributed by atoms with Crippen molar-refractivity contribution in [3.05, 3.63) is 24.5 Å². The molecule has 0 fully saturated rings. The number of rotatable bonds is 4. The van der Waals surface area contributed by atoms with Gasteiger partial charge < -0.3 is 9.88 Å². The van der Waals surface area contributed by atoms with E-state index >= 15 is 0 Å². The number of nitrogens with one attached hydrogen (secondary N) is 1. The van der Waals surface area contributed by atoms with Gasteiger partial charge in [-0.05, 0) is 31.6 Å². The van der Waals surface area contributed by atoms with Gasteiger partial charge in [-0.3, -0.25) is 0 Å². The molecule has 2 heteroatoms. The van der Waals surface area contributed by atoms with Crippen molar-refractivity contribution < 1.29 is 0 Å². The summed E-state index contributed by atoms with van der Waals surface area (Å²) in [5.74, 6) is 0.701. The van der Waals surface area contributed by atoms with Gasteiger partial charge in [-0.2, -0.15) is 0 Å². The van der Waals surface area contributed by atoms with Crippen molar-refractivity contribution in [3.8, 4) is 0 Å². The fraction of sp³-hybridized carbons (Fsp3) is 0.556. The molecule has 0 bridgehead atoms. The maximum atomic E-state index is 3.17. The summed E-state index contributed by atoms with van der Waals surface area (Å²) >= 11 is 0. The molecule has 62 valence electrons. The highest BCUT2D eigenvalue weighted by molar-refractivity contribution is 4.90. The summed E-state index contributed by atoms with van der Waals surface area (Å²) in [4.78, 5) is 0. The monoisotopic (exact) mass is 152 g/mol. The lowest BCUT2D eigenvalue weighted by atomic mass is 10.2.